The maximum absolute atomic E-state index is 5.21. The third-order valence-electron chi connectivity index (χ3n) is 4.00. The molecule has 2 aromatic heterocycles. The van der Waals surface area contributed by atoms with Gasteiger partial charge in [0, 0.05) is 29.0 Å². The lowest BCUT2D eigenvalue weighted by Crippen LogP contribution is -2.07. The van der Waals surface area contributed by atoms with E-state index in [4.69, 9.17) is 12.2 Å². The maximum Gasteiger partial charge on any atom is 0.199 e. The summed E-state index contributed by atoms with van der Waals surface area (Å²) in [6.45, 7) is 0.803. The monoisotopic (exact) mass is 320 g/mol. The van der Waals surface area contributed by atoms with Gasteiger partial charge in [-0.2, -0.15) is 0 Å². The highest BCUT2D eigenvalue weighted by atomic mass is 32.1. The standard InChI is InChI=1S/C18H16N4S/c23-18-21-16-8-4-2-6-14(16)17(22-18)19-10-9-12-11-20-15-7-3-1-5-13(12)15/h1-8,11,20H,9-10H2,(H2,19,21,22,23). The topological polar surface area (TPSA) is 56.5 Å². The average Bonchev–Trinajstić information content (AvgIpc) is 2.98. The summed E-state index contributed by atoms with van der Waals surface area (Å²) in [6.07, 6.45) is 3.00. The predicted octanol–water partition coefficient (Wildman–Crippen LogP) is 4.43. The number of aromatic amines is 2. The first-order valence-corrected chi connectivity index (χ1v) is 8.00. The van der Waals surface area contributed by atoms with Crippen LogP contribution in [0, 0.1) is 4.77 Å². The Morgan fingerprint density at radius 1 is 0.957 bits per heavy atom. The fourth-order valence-corrected chi connectivity index (χ4v) is 3.09. The summed E-state index contributed by atoms with van der Waals surface area (Å²) in [4.78, 5) is 10.9. The van der Waals surface area contributed by atoms with Crippen LogP contribution in [0.15, 0.2) is 54.7 Å². The van der Waals surface area contributed by atoms with Crippen molar-refractivity contribution in [3.05, 3.63) is 65.1 Å². The van der Waals surface area contributed by atoms with Gasteiger partial charge in [-0.3, -0.25) is 0 Å². The second-order valence-electron chi connectivity index (χ2n) is 5.47. The highest BCUT2D eigenvalue weighted by molar-refractivity contribution is 7.71. The number of rotatable bonds is 4. The van der Waals surface area contributed by atoms with Crippen LogP contribution in [-0.4, -0.2) is 21.5 Å². The molecule has 0 atom stereocenters. The van der Waals surface area contributed by atoms with Crippen LogP contribution in [-0.2, 0) is 6.42 Å². The van der Waals surface area contributed by atoms with Crippen molar-refractivity contribution in [3.8, 4) is 0 Å². The molecule has 114 valence electrons. The van der Waals surface area contributed by atoms with E-state index in [1.807, 2.05) is 30.3 Å². The van der Waals surface area contributed by atoms with E-state index in [0.717, 1.165) is 29.7 Å². The molecule has 0 spiro atoms. The van der Waals surface area contributed by atoms with Crippen molar-refractivity contribution in [2.24, 2.45) is 0 Å². The molecule has 0 aliphatic heterocycles. The number of fused-ring (bicyclic) bond motifs is 2. The summed E-state index contributed by atoms with van der Waals surface area (Å²) in [7, 11) is 0. The van der Waals surface area contributed by atoms with E-state index < -0.39 is 0 Å². The van der Waals surface area contributed by atoms with Gasteiger partial charge in [0.05, 0.1) is 5.52 Å². The van der Waals surface area contributed by atoms with Gasteiger partial charge in [-0.05, 0) is 42.4 Å². The maximum atomic E-state index is 5.21. The molecule has 0 saturated heterocycles. The lowest BCUT2D eigenvalue weighted by atomic mass is 10.1. The molecule has 0 fully saturated rings. The fraction of sp³-hybridized carbons (Fsp3) is 0.111. The molecule has 4 rings (SSSR count). The number of hydrogen-bond donors (Lipinski definition) is 3. The third kappa shape index (κ3) is 2.71. The SMILES string of the molecule is S=c1nc(NCCc2c[nH]c3ccccc23)c2ccccc2[nH]1. The number of nitrogens with one attached hydrogen (secondary N) is 3. The number of hydrogen-bond acceptors (Lipinski definition) is 3. The zero-order valence-corrected chi connectivity index (χ0v) is 13.3. The highest BCUT2D eigenvalue weighted by Crippen LogP contribution is 2.20. The van der Waals surface area contributed by atoms with Gasteiger partial charge >= 0.3 is 0 Å². The smallest absolute Gasteiger partial charge is 0.199 e. The molecular formula is C18H16N4S. The van der Waals surface area contributed by atoms with Crippen LogP contribution >= 0.6 is 12.2 Å². The van der Waals surface area contributed by atoms with Gasteiger partial charge < -0.3 is 15.3 Å². The van der Waals surface area contributed by atoms with Crippen LogP contribution in [0.25, 0.3) is 21.8 Å². The second-order valence-corrected chi connectivity index (χ2v) is 5.86. The zero-order valence-electron chi connectivity index (χ0n) is 12.5. The lowest BCUT2D eigenvalue weighted by Gasteiger charge is -2.08. The normalized spacial score (nSPS) is 11.1. The number of aromatic nitrogens is 3. The van der Waals surface area contributed by atoms with E-state index in [1.54, 1.807) is 0 Å². The van der Waals surface area contributed by atoms with Gasteiger partial charge in [0.2, 0.25) is 0 Å². The van der Waals surface area contributed by atoms with Crippen LogP contribution in [0.3, 0.4) is 0 Å². The molecule has 4 aromatic rings. The van der Waals surface area contributed by atoms with E-state index in [0.29, 0.717) is 4.77 Å². The Morgan fingerprint density at radius 2 is 1.70 bits per heavy atom. The van der Waals surface area contributed by atoms with E-state index in [2.05, 4.69) is 44.7 Å². The number of H-pyrrole nitrogens is 2. The molecule has 2 heterocycles. The molecule has 0 unspecified atom stereocenters. The largest absolute Gasteiger partial charge is 0.369 e. The number of anilines is 1. The van der Waals surface area contributed by atoms with Crippen LogP contribution in [0.5, 0.6) is 0 Å². The third-order valence-corrected chi connectivity index (χ3v) is 4.19. The van der Waals surface area contributed by atoms with Gasteiger partial charge in [-0.25, -0.2) is 4.98 Å². The Labute approximate surface area is 138 Å². The van der Waals surface area contributed by atoms with Crippen molar-refractivity contribution in [2.75, 3.05) is 11.9 Å². The minimum absolute atomic E-state index is 0.498. The summed E-state index contributed by atoms with van der Waals surface area (Å²) >= 11 is 5.21. The summed E-state index contributed by atoms with van der Waals surface area (Å²) in [5.74, 6) is 0.837. The summed E-state index contributed by atoms with van der Waals surface area (Å²) in [6, 6.07) is 16.4. The van der Waals surface area contributed by atoms with Crippen molar-refractivity contribution in [3.63, 3.8) is 0 Å². The summed E-state index contributed by atoms with van der Waals surface area (Å²) in [5.41, 5.74) is 3.48. The Bertz CT molecular complexity index is 1030. The highest BCUT2D eigenvalue weighted by Gasteiger charge is 2.05. The predicted molar refractivity (Wildman–Crippen MR) is 97.4 cm³/mol. The van der Waals surface area contributed by atoms with Crippen molar-refractivity contribution in [1.82, 2.24) is 15.0 Å². The fourth-order valence-electron chi connectivity index (χ4n) is 2.89. The number of para-hydroxylation sites is 2. The molecule has 5 heteroatoms. The molecule has 0 amide bonds. The van der Waals surface area contributed by atoms with Crippen molar-refractivity contribution >= 4 is 39.8 Å². The molecule has 0 saturated carbocycles. The Hall–Kier alpha value is -2.66. The molecule has 23 heavy (non-hydrogen) atoms. The Morgan fingerprint density at radius 3 is 2.57 bits per heavy atom. The number of nitrogens with zero attached hydrogens (tertiary/aromatic N) is 1. The number of benzene rings is 2. The summed E-state index contributed by atoms with van der Waals surface area (Å²) in [5, 5.41) is 5.75. The quantitative estimate of drug-likeness (QED) is 0.488. The molecular weight excluding hydrogens is 304 g/mol. The average molecular weight is 320 g/mol. The molecule has 0 bridgehead atoms. The van der Waals surface area contributed by atoms with Gasteiger partial charge in [0.25, 0.3) is 0 Å². The van der Waals surface area contributed by atoms with Crippen LogP contribution in [0.1, 0.15) is 5.56 Å². The molecule has 0 radical (unpaired) electrons. The minimum Gasteiger partial charge on any atom is -0.369 e. The lowest BCUT2D eigenvalue weighted by molar-refractivity contribution is 1.01. The Kier molecular flexibility index (Phi) is 3.55. The van der Waals surface area contributed by atoms with Crippen molar-refractivity contribution < 1.29 is 0 Å². The van der Waals surface area contributed by atoms with E-state index in [9.17, 15) is 0 Å². The molecule has 0 aliphatic rings. The van der Waals surface area contributed by atoms with E-state index >= 15 is 0 Å². The first kappa shape index (κ1) is 14.0. The van der Waals surface area contributed by atoms with Gasteiger partial charge in [0.15, 0.2) is 4.77 Å². The molecule has 4 nitrogen and oxygen atoms in total. The first-order valence-electron chi connectivity index (χ1n) is 7.59. The second kappa shape index (κ2) is 5.85. The van der Waals surface area contributed by atoms with Crippen molar-refractivity contribution in [2.45, 2.75) is 6.42 Å². The molecule has 3 N–H and O–H groups in total. The zero-order chi connectivity index (χ0) is 15.6. The van der Waals surface area contributed by atoms with Crippen molar-refractivity contribution in [1.29, 1.82) is 0 Å². The summed E-state index contributed by atoms with van der Waals surface area (Å²) < 4.78 is 0.498. The van der Waals surface area contributed by atoms with Crippen LogP contribution in [0.2, 0.25) is 0 Å². The van der Waals surface area contributed by atoms with Crippen LogP contribution in [0.4, 0.5) is 5.82 Å². The van der Waals surface area contributed by atoms with E-state index in [-0.39, 0.29) is 0 Å². The first-order chi connectivity index (χ1) is 11.3. The van der Waals surface area contributed by atoms with Crippen LogP contribution < -0.4 is 5.32 Å². The van der Waals surface area contributed by atoms with E-state index in [1.165, 1.54) is 16.5 Å². The Balaban J connectivity index is 1.57. The molecule has 2 aromatic carbocycles. The minimum atomic E-state index is 0.498. The van der Waals surface area contributed by atoms with Gasteiger partial charge in [-0.15, -0.1) is 0 Å². The molecule has 0 aliphatic carbocycles. The van der Waals surface area contributed by atoms with Gasteiger partial charge in [0.1, 0.15) is 5.82 Å². The van der Waals surface area contributed by atoms with Gasteiger partial charge in [-0.1, -0.05) is 30.3 Å².